The number of carbonyl (C=O) groups is 2. The molecule has 108 valence electrons. The van der Waals surface area contributed by atoms with Gasteiger partial charge in [0.25, 0.3) is 5.91 Å². The van der Waals surface area contributed by atoms with Crippen molar-refractivity contribution in [3.63, 3.8) is 0 Å². The van der Waals surface area contributed by atoms with E-state index in [9.17, 15) is 28.5 Å². The maximum Gasteiger partial charge on any atom is 0.326 e. The zero-order valence-electron chi connectivity index (χ0n) is 10.2. The van der Waals surface area contributed by atoms with Gasteiger partial charge < -0.3 is 10.4 Å². The Bertz CT molecular complexity index is 576. The first-order valence-electron chi connectivity index (χ1n) is 5.45. The molecule has 9 heteroatoms. The van der Waals surface area contributed by atoms with Crippen molar-refractivity contribution in [2.24, 2.45) is 0 Å². The first-order chi connectivity index (χ1) is 9.27. The van der Waals surface area contributed by atoms with Gasteiger partial charge >= 0.3 is 11.7 Å². The lowest BCUT2D eigenvalue weighted by atomic mass is 10.1. The van der Waals surface area contributed by atoms with Crippen LogP contribution in [-0.2, 0) is 4.79 Å². The van der Waals surface area contributed by atoms with Crippen LogP contribution in [0.5, 0.6) is 0 Å². The highest BCUT2D eigenvalue weighted by atomic mass is 19.1. The molecule has 0 aliphatic carbocycles. The highest BCUT2D eigenvalue weighted by Crippen LogP contribution is 2.21. The van der Waals surface area contributed by atoms with Crippen LogP contribution in [0.4, 0.5) is 14.5 Å². The lowest BCUT2D eigenvalue weighted by Gasteiger charge is -2.12. The molecular weight excluding hydrogens is 278 g/mol. The first-order valence-corrected chi connectivity index (χ1v) is 5.45. The number of hydrogen-bond donors (Lipinski definition) is 2. The number of carboxylic acid groups (broad SMARTS) is 1. The fourth-order valence-electron chi connectivity index (χ4n) is 1.42. The van der Waals surface area contributed by atoms with Crippen molar-refractivity contribution in [1.29, 1.82) is 0 Å². The van der Waals surface area contributed by atoms with Gasteiger partial charge in [-0.3, -0.25) is 14.9 Å². The summed E-state index contributed by atoms with van der Waals surface area (Å²) < 4.78 is 26.8. The van der Waals surface area contributed by atoms with E-state index in [4.69, 9.17) is 5.11 Å². The van der Waals surface area contributed by atoms with E-state index in [1.807, 2.05) is 5.32 Å². The highest BCUT2D eigenvalue weighted by Gasteiger charge is 2.24. The van der Waals surface area contributed by atoms with Crippen LogP contribution >= 0.6 is 0 Å². The Kier molecular flexibility index (Phi) is 4.68. The number of nitro benzene ring substituents is 1. The fraction of sp³-hybridized carbons (Fsp3) is 0.273. The number of aliphatic carboxylic acids is 1. The van der Waals surface area contributed by atoms with E-state index < -0.39 is 45.7 Å². The summed E-state index contributed by atoms with van der Waals surface area (Å²) in [5.74, 6) is -5.19. The largest absolute Gasteiger partial charge is 0.480 e. The summed E-state index contributed by atoms with van der Waals surface area (Å²) in [5, 5.41) is 21.1. The quantitative estimate of drug-likeness (QED) is 0.629. The van der Waals surface area contributed by atoms with Gasteiger partial charge in [-0.05, 0) is 12.5 Å². The standard InChI is InChI=1S/C11H10F2N2O5/c1-2-8(11(17)18)14-10(16)5-3-7(13)9(15(19)20)4-6(5)12/h3-4,8H,2H2,1H3,(H,14,16)(H,17,18)/t8-/m0/s1. The molecule has 2 N–H and O–H groups in total. The minimum atomic E-state index is -1.38. The third kappa shape index (κ3) is 3.25. The third-order valence-corrected chi connectivity index (χ3v) is 2.49. The Labute approximate surface area is 111 Å². The van der Waals surface area contributed by atoms with Gasteiger partial charge in [-0.2, -0.15) is 4.39 Å². The molecule has 20 heavy (non-hydrogen) atoms. The zero-order valence-corrected chi connectivity index (χ0v) is 10.2. The van der Waals surface area contributed by atoms with E-state index in [0.717, 1.165) is 0 Å². The first kappa shape index (κ1) is 15.5. The molecule has 0 spiro atoms. The van der Waals surface area contributed by atoms with Gasteiger partial charge in [-0.15, -0.1) is 0 Å². The molecule has 0 aliphatic heterocycles. The summed E-state index contributed by atoms with van der Waals surface area (Å²) in [6.45, 7) is 1.48. The van der Waals surface area contributed by atoms with Crippen LogP contribution in [0.1, 0.15) is 23.7 Å². The minimum absolute atomic E-state index is 0.0398. The molecule has 0 radical (unpaired) electrons. The molecule has 0 saturated carbocycles. The molecule has 1 aromatic rings. The molecule has 0 saturated heterocycles. The summed E-state index contributed by atoms with van der Waals surface area (Å²) in [4.78, 5) is 31.6. The topological polar surface area (TPSA) is 110 Å². The van der Waals surface area contributed by atoms with Crippen LogP contribution in [0.2, 0.25) is 0 Å². The number of halogens is 2. The Balaban J connectivity index is 3.08. The van der Waals surface area contributed by atoms with E-state index in [1.54, 1.807) is 0 Å². The maximum absolute atomic E-state index is 13.5. The second-order valence-corrected chi connectivity index (χ2v) is 3.81. The van der Waals surface area contributed by atoms with Gasteiger partial charge in [-0.25, -0.2) is 9.18 Å². The second kappa shape index (κ2) is 6.04. The van der Waals surface area contributed by atoms with Crippen molar-refractivity contribution in [1.82, 2.24) is 5.32 Å². The maximum atomic E-state index is 13.5. The number of nitrogens with one attached hydrogen (secondary N) is 1. The van der Waals surface area contributed by atoms with Crippen molar-refractivity contribution in [3.05, 3.63) is 39.4 Å². The summed E-state index contributed by atoms with van der Waals surface area (Å²) >= 11 is 0. The second-order valence-electron chi connectivity index (χ2n) is 3.81. The van der Waals surface area contributed by atoms with Gasteiger partial charge in [0, 0.05) is 0 Å². The number of nitrogens with zero attached hydrogens (tertiary/aromatic N) is 1. The number of benzene rings is 1. The van der Waals surface area contributed by atoms with Gasteiger partial charge in [0.05, 0.1) is 16.6 Å². The Hall–Kier alpha value is -2.58. The summed E-state index contributed by atoms with van der Waals surface area (Å²) in [7, 11) is 0. The molecule has 0 unspecified atom stereocenters. The smallest absolute Gasteiger partial charge is 0.326 e. The number of nitro groups is 1. The normalized spacial score (nSPS) is 11.8. The molecule has 7 nitrogen and oxygen atoms in total. The SMILES string of the molecule is CC[C@H](NC(=O)c1cc(F)c([N+](=O)[O-])cc1F)C(=O)O. The molecular formula is C11H10F2N2O5. The molecule has 0 fully saturated rings. The fourth-order valence-corrected chi connectivity index (χ4v) is 1.42. The van der Waals surface area contributed by atoms with Crippen LogP contribution in [0, 0.1) is 21.7 Å². The van der Waals surface area contributed by atoms with Gasteiger partial charge in [0.2, 0.25) is 5.82 Å². The number of carbonyl (C=O) groups excluding carboxylic acids is 1. The summed E-state index contributed by atoms with van der Waals surface area (Å²) in [6, 6.07) is -0.635. The summed E-state index contributed by atoms with van der Waals surface area (Å²) in [5.41, 5.74) is -1.91. The van der Waals surface area contributed by atoms with Crippen LogP contribution in [0.15, 0.2) is 12.1 Å². The number of carboxylic acids is 1. The Morgan fingerprint density at radius 1 is 1.40 bits per heavy atom. The lowest BCUT2D eigenvalue weighted by molar-refractivity contribution is -0.387. The molecule has 1 rings (SSSR count). The van der Waals surface area contributed by atoms with E-state index in [2.05, 4.69) is 0 Å². The Morgan fingerprint density at radius 3 is 2.45 bits per heavy atom. The highest BCUT2D eigenvalue weighted by molar-refractivity contribution is 5.97. The zero-order chi connectivity index (χ0) is 15.4. The van der Waals surface area contributed by atoms with Gasteiger partial charge in [-0.1, -0.05) is 6.92 Å². The van der Waals surface area contributed by atoms with E-state index in [0.29, 0.717) is 6.07 Å². The van der Waals surface area contributed by atoms with Crippen molar-refractivity contribution in [3.8, 4) is 0 Å². The van der Waals surface area contributed by atoms with Gasteiger partial charge in [0.1, 0.15) is 11.9 Å². The molecule has 1 atom stereocenters. The van der Waals surface area contributed by atoms with Gasteiger partial charge in [0.15, 0.2) is 0 Å². The lowest BCUT2D eigenvalue weighted by Crippen LogP contribution is -2.40. The number of amides is 1. The van der Waals surface area contributed by atoms with Crippen molar-refractivity contribution in [2.45, 2.75) is 19.4 Å². The number of hydrogen-bond acceptors (Lipinski definition) is 4. The average Bonchev–Trinajstić information content (AvgIpc) is 2.37. The average molecular weight is 288 g/mol. The Morgan fingerprint density at radius 2 is 2.00 bits per heavy atom. The molecule has 1 amide bonds. The molecule has 0 heterocycles. The summed E-state index contributed by atoms with van der Waals surface area (Å²) in [6.07, 6.45) is 0.0398. The minimum Gasteiger partial charge on any atom is -0.480 e. The van der Waals surface area contributed by atoms with Crippen molar-refractivity contribution in [2.75, 3.05) is 0 Å². The van der Waals surface area contributed by atoms with Crippen LogP contribution in [0.25, 0.3) is 0 Å². The van der Waals surface area contributed by atoms with Crippen molar-refractivity contribution >= 4 is 17.6 Å². The monoisotopic (exact) mass is 288 g/mol. The predicted octanol–water partition coefficient (Wildman–Crippen LogP) is 1.47. The van der Waals surface area contributed by atoms with E-state index in [-0.39, 0.29) is 12.5 Å². The predicted molar refractivity (Wildman–Crippen MR) is 62.2 cm³/mol. The van der Waals surface area contributed by atoms with Crippen molar-refractivity contribution < 1.29 is 28.4 Å². The van der Waals surface area contributed by atoms with Crippen LogP contribution < -0.4 is 5.32 Å². The van der Waals surface area contributed by atoms with Crippen LogP contribution in [-0.4, -0.2) is 27.9 Å². The molecule has 0 aromatic heterocycles. The van der Waals surface area contributed by atoms with Crippen LogP contribution in [0.3, 0.4) is 0 Å². The number of rotatable bonds is 5. The molecule has 0 aliphatic rings. The molecule has 1 aromatic carbocycles. The molecule has 0 bridgehead atoms. The van der Waals surface area contributed by atoms with E-state index >= 15 is 0 Å². The third-order valence-electron chi connectivity index (χ3n) is 2.49. The van der Waals surface area contributed by atoms with E-state index in [1.165, 1.54) is 6.92 Å².